The Hall–Kier alpha value is -0.765. The highest BCUT2D eigenvalue weighted by Gasteiger charge is 2.20. The first-order valence-corrected chi connectivity index (χ1v) is 7.17. The first-order valence-electron chi connectivity index (χ1n) is 5.61. The number of phosphoric acid groups is 1. The fourth-order valence-corrected chi connectivity index (χ4v) is 1.10. The number of unbranched alkanes of at least 4 members (excludes halogenated alkanes) is 1. The van der Waals surface area contributed by atoms with Gasteiger partial charge in [-0.05, 0) is 6.42 Å². The molecule has 0 bridgehead atoms. The molecule has 0 fully saturated rings. The van der Waals surface area contributed by atoms with Gasteiger partial charge in [-0.25, -0.2) is 4.57 Å². The minimum atomic E-state index is -6.00. The zero-order chi connectivity index (χ0) is 16.4. The van der Waals surface area contributed by atoms with Crippen molar-refractivity contribution in [1.82, 2.24) is 9.80 Å². The normalized spacial score (nSPS) is 14.4. The van der Waals surface area contributed by atoms with Crippen LogP contribution < -0.4 is 0 Å². The second-order valence-corrected chi connectivity index (χ2v) is 4.90. The van der Waals surface area contributed by atoms with Crippen molar-refractivity contribution >= 4 is 15.1 Å². The lowest BCUT2D eigenvalue weighted by Gasteiger charge is -2.17. The molecule has 0 saturated carbocycles. The second-order valence-electron chi connectivity index (χ2n) is 3.87. The molecule has 1 aliphatic heterocycles. The van der Waals surface area contributed by atoms with Crippen LogP contribution in [0, 0.1) is 0 Å². The molecule has 122 valence electrons. The molecule has 6 nitrogen and oxygen atoms in total. The van der Waals surface area contributed by atoms with Gasteiger partial charge in [0.1, 0.15) is 0 Å². The molecule has 3 N–H and O–H groups in total. The number of halogens is 4. The van der Waals surface area contributed by atoms with Gasteiger partial charge in [0.15, 0.2) is 0 Å². The monoisotopic (exact) mass is 325 g/mol. The van der Waals surface area contributed by atoms with E-state index in [1.807, 2.05) is 0 Å². The van der Waals surface area contributed by atoms with E-state index in [4.69, 9.17) is 19.2 Å². The maximum atomic E-state index is 9.75. The highest BCUT2D eigenvalue weighted by Crippen LogP contribution is 2.25. The minimum absolute atomic E-state index is 1.07. The zero-order valence-electron chi connectivity index (χ0n) is 11.2. The molecule has 0 saturated heterocycles. The lowest BCUT2D eigenvalue weighted by atomic mass is 10.3. The van der Waals surface area contributed by atoms with Gasteiger partial charge in [0.25, 0.3) is 0 Å². The van der Waals surface area contributed by atoms with E-state index in [1.165, 1.54) is 19.4 Å². The predicted molar refractivity (Wildman–Crippen MR) is 67.8 cm³/mol. The van der Waals surface area contributed by atoms with Crippen LogP contribution >= 0.6 is 7.82 Å². The second kappa shape index (κ2) is 10.0. The average molecular weight is 325 g/mol. The molecule has 1 rings (SSSR count). The van der Waals surface area contributed by atoms with Crippen LogP contribution in [0.3, 0.4) is 0 Å². The van der Waals surface area contributed by atoms with E-state index in [-0.39, 0.29) is 0 Å². The SMILES string of the molecule is CCCCN1C=CN(C)C1.F[B-](F)(F)F.O=P(O)(O)O. The van der Waals surface area contributed by atoms with Crippen LogP contribution in [0.2, 0.25) is 0 Å². The first kappa shape index (κ1) is 21.5. The lowest BCUT2D eigenvalue weighted by molar-refractivity contribution is 0.275. The van der Waals surface area contributed by atoms with E-state index in [0.29, 0.717) is 0 Å². The number of nitrogens with zero attached hydrogens (tertiary/aromatic N) is 2. The maximum Gasteiger partial charge on any atom is 0.673 e. The summed E-state index contributed by atoms with van der Waals surface area (Å²) in [6.45, 7) is 4.50. The Balaban J connectivity index is 0. The van der Waals surface area contributed by atoms with Crippen LogP contribution in [-0.2, 0) is 4.57 Å². The van der Waals surface area contributed by atoms with Crippen molar-refractivity contribution in [3.05, 3.63) is 12.4 Å². The Kier molecular flexibility index (Phi) is 10.8. The fraction of sp³-hybridized carbons (Fsp3) is 0.750. The number of hydrogen-bond acceptors (Lipinski definition) is 3. The third-order valence-corrected chi connectivity index (χ3v) is 1.74. The predicted octanol–water partition coefficient (Wildman–Crippen LogP) is 1.83. The summed E-state index contributed by atoms with van der Waals surface area (Å²) in [4.78, 5) is 26.1. The Labute approximate surface area is 115 Å². The molecule has 0 aromatic carbocycles. The Bertz CT molecular complexity index is 312. The largest absolute Gasteiger partial charge is 0.673 e. The van der Waals surface area contributed by atoms with E-state index < -0.39 is 15.1 Å². The highest BCUT2D eigenvalue weighted by atomic mass is 31.2. The summed E-state index contributed by atoms with van der Waals surface area (Å²) in [5.41, 5.74) is 0. The molecule has 1 heterocycles. The summed E-state index contributed by atoms with van der Waals surface area (Å²) in [7, 11) is -8.54. The van der Waals surface area contributed by atoms with Gasteiger partial charge in [-0.1, -0.05) is 13.3 Å². The van der Waals surface area contributed by atoms with Crippen LogP contribution in [0.25, 0.3) is 0 Å². The highest BCUT2D eigenvalue weighted by molar-refractivity contribution is 7.45. The average Bonchev–Trinajstić information content (AvgIpc) is 2.56. The molecule has 0 unspecified atom stereocenters. The maximum absolute atomic E-state index is 9.75. The smallest absolute Gasteiger partial charge is 0.418 e. The van der Waals surface area contributed by atoms with Gasteiger partial charge >= 0.3 is 15.1 Å². The van der Waals surface area contributed by atoms with Crippen LogP contribution in [0.1, 0.15) is 19.8 Å². The topological polar surface area (TPSA) is 84.2 Å². The quantitative estimate of drug-likeness (QED) is 0.417. The first-order chi connectivity index (χ1) is 8.83. The summed E-state index contributed by atoms with van der Waals surface area (Å²) in [6.07, 6.45) is 6.87. The van der Waals surface area contributed by atoms with Crippen molar-refractivity contribution < 1.29 is 36.5 Å². The zero-order valence-corrected chi connectivity index (χ0v) is 12.1. The molecule has 0 atom stereocenters. The number of hydrogen-bond donors (Lipinski definition) is 3. The van der Waals surface area contributed by atoms with Gasteiger partial charge < -0.3 is 41.7 Å². The molecule has 0 amide bonds. The van der Waals surface area contributed by atoms with Crippen molar-refractivity contribution in [2.75, 3.05) is 20.3 Å². The molecule has 0 aromatic heterocycles. The molecule has 0 aromatic rings. The van der Waals surface area contributed by atoms with Crippen molar-refractivity contribution in [3.8, 4) is 0 Å². The molecule has 20 heavy (non-hydrogen) atoms. The molecule has 0 aliphatic carbocycles. The third-order valence-electron chi connectivity index (χ3n) is 1.74. The Morgan fingerprint density at radius 2 is 1.60 bits per heavy atom. The Morgan fingerprint density at radius 3 is 1.85 bits per heavy atom. The van der Waals surface area contributed by atoms with E-state index in [1.54, 1.807) is 0 Å². The molecular weight excluding hydrogens is 306 g/mol. The van der Waals surface area contributed by atoms with Gasteiger partial charge in [0, 0.05) is 26.0 Å². The third kappa shape index (κ3) is 30.3. The minimum Gasteiger partial charge on any atom is -0.418 e. The van der Waals surface area contributed by atoms with Crippen molar-refractivity contribution in [1.29, 1.82) is 0 Å². The van der Waals surface area contributed by atoms with Gasteiger partial charge in [0.2, 0.25) is 0 Å². The van der Waals surface area contributed by atoms with Gasteiger partial charge in [-0.3, -0.25) is 0 Å². The van der Waals surface area contributed by atoms with Crippen LogP contribution in [0.15, 0.2) is 12.4 Å². The van der Waals surface area contributed by atoms with Crippen molar-refractivity contribution in [3.63, 3.8) is 0 Å². The van der Waals surface area contributed by atoms with Crippen LogP contribution in [0.5, 0.6) is 0 Å². The van der Waals surface area contributed by atoms with Crippen molar-refractivity contribution in [2.45, 2.75) is 19.8 Å². The van der Waals surface area contributed by atoms with Crippen LogP contribution in [0.4, 0.5) is 17.3 Å². The van der Waals surface area contributed by atoms with E-state index in [2.05, 4.69) is 36.2 Å². The molecule has 0 spiro atoms. The van der Waals surface area contributed by atoms with E-state index in [0.717, 1.165) is 6.67 Å². The number of rotatable bonds is 3. The van der Waals surface area contributed by atoms with Gasteiger partial charge in [-0.2, -0.15) is 0 Å². The molecule has 12 heteroatoms. The lowest BCUT2D eigenvalue weighted by Crippen LogP contribution is -2.23. The molecule has 1 aliphatic rings. The van der Waals surface area contributed by atoms with E-state index in [9.17, 15) is 17.3 Å². The van der Waals surface area contributed by atoms with Crippen molar-refractivity contribution in [2.24, 2.45) is 0 Å². The van der Waals surface area contributed by atoms with Gasteiger partial charge in [0.05, 0.1) is 6.67 Å². The van der Waals surface area contributed by atoms with E-state index >= 15 is 0 Å². The molecular formula is C8H19BF4N2O4P-. The summed E-state index contributed by atoms with van der Waals surface area (Å²) in [5, 5.41) is 0. The molecule has 0 radical (unpaired) electrons. The van der Waals surface area contributed by atoms with Crippen LogP contribution in [-0.4, -0.2) is 52.0 Å². The summed E-state index contributed by atoms with van der Waals surface area (Å²) >= 11 is 0. The van der Waals surface area contributed by atoms with Gasteiger partial charge in [-0.15, -0.1) is 0 Å². The summed E-state index contributed by atoms with van der Waals surface area (Å²) in [5.74, 6) is 0. The summed E-state index contributed by atoms with van der Waals surface area (Å²) < 4.78 is 47.9. The Morgan fingerprint density at radius 1 is 1.20 bits per heavy atom. The fourth-order valence-electron chi connectivity index (χ4n) is 1.10. The standard InChI is InChI=1S/C8H16N2.BF4.H3O4P/c1-3-4-5-10-7-6-9(2)8-10;2-1(3,4)5;1-5(2,3)4/h6-7H,3-5,8H2,1-2H3;;(H3,1,2,3,4)/q;-1;. The summed E-state index contributed by atoms with van der Waals surface area (Å²) in [6, 6.07) is 0.